The topological polar surface area (TPSA) is 116 Å². The van der Waals surface area contributed by atoms with Crippen LogP contribution < -0.4 is 27.5 Å². The van der Waals surface area contributed by atoms with Gasteiger partial charge in [-0.3, -0.25) is 10.4 Å². The van der Waals surface area contributed by atoms with Crippen LogP contribution in [-0.2, 0) is 6.54 Å². The van der Waals surface area contributed by atoms with Crippen LogP contribution in [0.1, 0.15) is 18.4 Å². The van der Waals surface area contributed by atoms with E-state index in [4.69, 9.17) is 34.7 Å². The quantitative estimate of drug-likeness (QED) is 0.176. The minimum atomic E-state index is -0.516. The smallest absolute Gasteiger partial charge is 0.142 e. The second-order valence-electron chi connectivity index (χ2n) is 7.68. The van der Waals surface area contributed by atoms with Crippen molar-refractivity contribution in [3.63, 3.8) is 0 Å². The minimum Gasteiger partial charge on any atom is -0.400 e. The molecule has 2 heterocycles. The average molecular weight is 483 g/mol. The number of nitrogens with two attached hydrogens (primary N) is 2. The lowest BCUT2D eigenvalue weighted by Crippen LogP contribution is -2.41. The Morgan fingerprint density at radius 3 is 2.78 bits per heavy atom. The molecule has 1 fully saturated rings. The molecule has 0 spiro atoms. The molecule has 0 radical (unpaired) electrons. The molecule has 2 aliphatic rings. The molecule has 0 atom stereocenters. The number of halogens is 3. The Balaban J connectivity index is 1.79. The second kappa shape index (κ2) is 11.4. The fourth-order valence-electron chi connectivity index (χ4n) is 3.77. The van der Waals surface area contributed by atoms with Crippen molar-refractivity contribution in [1.82, 2.24) is 21.0 Å². The van der Waals surface area contributed by atoms with E-state index in [0.29, 0.717) is 47.4 Å². The lowest BCUT2D eigenvalue weighted by Gasteiger charge is -2.32. The molecule has 8 nitrogen and oxygen atoms in total. The predicted molar refractivity (Wildman–Crippen MR) is 129 cm³/mol. The maximum absolute atomic E-state index is 14.0. The largest absolute Gasteiger partial charge is 0.400 e. The van der Waals surface area contributed by atoms with Gasteiger partial charge in [0.25, 0.3) is 0 Å². The van der Waals surface area contributed by atoms with Gasteiger partial charge in [0.1, 0.15) is 17.5 Å². The summed E-state index contributed by atoms with van der Waals surface area (Å²) in [5.74, 6) is 1.01. The molecular weight excluding hydrogens is 454 g/mol. The van der Waals surface area contributed by atoms with Crippen molar-refractivity contribution in [2.24, 2.45) is 27.5 Å². The standard InChI is InChI=1S/C21H29Cl2FN8/c1-27-31-21(13-4-6-28-7-5-13)30-11-14(25)10-18-20(26)29-8-9-32(18)12-15-16(22)2-3-17(24)19(15)23/h2-3,10,13,28-29H,1,4-9,11-12,25-26H2,(H,30,31)/b14-10-. The van der Waals surface area contributed by atoms with Gasteiger partial charge in [-0.15, -0.1) is 0 Å². The number of allylic oxidation sites excluding steroid dienone is 1. The monoisotopic (exact) mass is 482 g/mol. The third-order valence-corrected chi connectivity index (χ3v) is 6.24. The summed E-state index contributed by atoms with van der Waals surface area (Å²) in [4.78, 5) is 6.60. The van der Waals surface area contributed by atoms with Crippen molar-refractivity contribution < 1.29 is 4.39 Å². The van der Waals surface area contributed by atoms with E-state index in [1.165, 1.54) is 12.1 Å². The molecule has 0 unspecified atom stereocenters. The van der Waals surface area contributed by atoms with Crippen molar-refractivity contribution in [2.45, 2.75) is 19.4 Å². The number of piperidine rings is 1. The van der Waals surface area contributed by atoms with E-state index in [2.05, 4.69) is 32.9 Å². The Kier molecular flexibility index (Phi) is 8.60. The van der Waals surface area contributed by atoms with Crippen LogP contribution in [0.25, 0.3) is 0 Å². The van der Waals surface area contributed by atoms with E-state index in [-0.39, 0.29) is 17.5 Å². The molecule has 0 bridgehead atoms. The van der Waals surface area contributed by atoms with Gasteiger partial charge in [0.05, 0.1) is 17.3 Å². The van der Waals surface area contributed by atoms with Crippen LogP contribution in [0, 0.1) is 11.7 Å². The molecular formula is C21H29Cl2FN8. The van der Waals surface area contributed by atoms with Gasteiger partial charge in [-0.2, -0.15) is 5.10 Å². The molecule has 7 N–H and O–H groups in total. The molecule has 11 heteroatoms. The molecule has 0 amide bonds. The number of aliphatic imine (C=N–C) groups is 1. The highest BCUT2D eigenvalue weighted by Gasteiger charge is 2.22. The van der Waals surface area contributed by atoms with E-state index in [0.717, 1.165) is 31.8 Å². The SMILES string of the molecule is C=NNC(=NC/C(N)=C/C1=C(N)NCCN1Cc1c(Cl)ccc(F)c1Cl)C1CCNCC1. The Morgan fingerprint density at radius 2 is 2.06 bits per heavy atom. The maximum Gasteiger partial charge on any atom is 0.142 e. The fourth-order valence-corrected chi connectivity index (χ4v) is 4.26. The molecule has 1 aromatic rings. The molecule has 0 aliphatic carbocycles. The van der Waals surface area contributed by atoms with Crippen molar-refractivity contribution >= 4 is 35.8 Å². The highest BCUT2D eigenvalue weighted by molar-refractivity contribution is 6.36. The number of hydrogen-bond acceptors (Lipinski definition) is 7. The van der Waals surface area contributed by atoms with Gasteiger partial charge in [0.15, 0.2) is 0 Å². The summed E-state index contributed by atoms with van der Waals surface area (Å²) >= 11 is 12.4. The minimum absolute atomic E-state index is 0.00474. The van der Waals surface area contributed by atoms with Crippen molar-refractivity contribution in [1.29, 1.82) is 0 Å². The number of rotatable bonds is 7. The van der Waals surface area contributed by atoms with Crippen LogP contribution in [0.2, 0.25) is 10.0 Å². The first-order valence-electron chi connectivity index (χ1n) is 10.4. The van der Waals surface area contributed by atoms with Gasteiger partial charge in [0.2, 0.25) is 0 Å². The number of hydrazone groups is 1. The van der Waals surface area contributed by atoms with Gasteiger partial charge in [-0.1, -0.05) is 23.2 Å². The molecule has 1 aromatic carbocycles. The number of hydrogen-bond donors (Lipinski definition) is 5. The normalized spacial score (nSPS) is 18.5. The van der Waals surface area contributed by atoms with Crippen LogP contribution in [0.4, 0.5) is 4.39 Å². The van der Waals surface area contributed by atoms with Gasteiger partial charge in [-0.25, -0.2) is 4.39 Å². The summed E-state index contributed by atoms with van der Waals surface area (Å²) in [7, 11) is 0. The van der Waals surface area contributed by atoms with Gasteiger partial charge < -0.3 is 27.0 Å². The Labute approximate surface area is 197 Å². The molecule has 0 aromatic heterocycles. The van der Waals surface area contributed by atoms with Crippen LogP contribution in [0.3, 0.4) is 0 Å². The Bertz CT molecular complexity index is 925. The van der Waals surface area contributed by atoms with Crippen LogP contribution >= 0.6 is 23.2 Å². The summed E-state index contributed by atoms with van der Waals surface area (Å²) in [6.45, 7) is 7.18. The molecule has 0 saturated carbocycles. The lowest BCUT2D eigenvalue weighted by atomic mass is 9.97. The highest BCUT2D eigenvalue weighted by atomic mass is 35.5. The van der Waals surface area contributed by atoms with Gasteiger partial charge >= 0.3 is 0 Å². The molecule has 174 valence electrons. The van der Waals surface area contributed by atoms with Crippen LogP contribution in [-0.4, -0.2) is 50.2 Å². The van der Waals surface area contributed by atoms with Crippen molar-refractivity contribution in [3.05, 3.63) is 56.8 Å². The molecule has 1 saturated heterocycles. The van der Waals surface area contributed by atoms with Crippen LogP contribution in [0.5, 0.6) is 0 Å². The third-order valence-electron chi connectivity index (χ3n) is 5.48. The summed E-state index contributed by atoms with van der Waals surface area (Å²) in [6, 6.07) is 2.74. The van der Waals surface area contributed by atoms with Gasteiger partial charge in [-0.05, 0) is 44.1 Å². The third kappa shape index (κ3) is 6.05. The van der Waals surface area contributed by atoms with Crippen molar-refractivity contribution in [3.8, 4) is 0 Å². The molecule has 2 aliphatic heterocycles. The van der Waals surface area contributed by atoms with Gasteiger partial charge in [0, 0.05) is 48.6 Å². The fraction of sp³-hybridized carbons (Fsp3) is 0.429. The Morgan fingerprint density at radius 1 is 1.31 bits per heavy atom. The second-order valence-corrected chi connectivity index (χ2v) is 8.47. The molecule has 32 heavy (non-hydrogen) atoms. The van der Waals surface area contributed by atoms with E-state index in [1.807, 2.05) is 4.90 Å². The summed E-state index contributed by atoms with van der Waals surface area (Å²) in [6.07, 6.45) is 3.71. The first-order chi connectivity index (χ1) is 15.4. The van der Waals surface area contributed by atoms with E-state index in [9.17, 15) is 4.39 Å². The number of benzene rings is 1. The van der Waals surface area contributed by atoms with E-state index in [1.54, 1.807) is 6.08 Å². The zero-order valence-electron chi connectivity index (χ0n) is 17.8. The first-order valence-corrected chi connectivity index (χ1v) is 11.2. The summed E-state index contributed by atoms with van der Waals surface area (Å²) in [5, 5.41) is 10.6. The lowest BCUT2D eigenvalue weighted by molar-refractivity contribution is 0.320. The van der Waals surface area contributed by atoms with Crippen LogP contribution in [0.15, 0.2) is 45.5 Å². The number of amidine groups is 1. The zero-order chi connectivity index (χ0) is 23.1. The highest BCUT2D eigenvalue weighted by Crippen LogP contribution is 2.30. The predicted octanol–water partition coefficient (Wildman–Crippen LogP) is 2.11. The maximum atomic E-state index is 14.0. The average Bonchev–Trinajstić information content (AvgIpc) is 2.79. The zero-order valence-corrected chi connectivity index (χ0v) is 19.3. The first kappa shape index (κ1) is 24.2. The summed E-state index contributed by atoms with van der Waals surface area (Å²) in [5.41, 5.74) is 17.1. The number of nitrogens with one attached hydrogen (secondary N) is 3. The Hall–Kier alpha value is -2.49. The van der Waals surface area contributed by atoms with Crippen molar-refractivity contribution in [2.75, 3.05) is 32.7 Å². The number of nitrogens with zero attached hydrogens (tertiary/aromatic N) is 3. The van der Waals surface area contributed by atoms with E-state index >= 15 is 0 Å². The van der Waals surface area contributed by atoms with E-state index < -0.39 is 5.82 Å². The summed E-state index contributed by atoms with van der Waals surface area (Å²) < 4.78 is 14.0. The molecule has 3 rings (SSSR count).